The standard InChI is InChI=1S/C21H19FN2O4S/c1-3-27-10-9-24-15-8-7-14(22)12-18(15)29-21(24)23-20(25)17-11-13-5-4-6-16(26-2)19(13)28-17/h4-8,11-12H,3,9-10H2,1-2H3. The van der Waals surface area contributed by atoms with E-state index in [1.807, 2.05) is 23.6 Å². The predicted octanol–water partition coefficient (Wildman–Crippen LogP) is 4.37. The number of nitrogens with zero attached hydrogens (tertiary/aromatic N) is 2. The summed E-state index contributed by atoms with van der Waals surface area (Å²) in [6.45, 7) is 3.46. The van der Waals surface area contributed by atoms with Crippen molar-refractivity contribution in [1.29, 1.82) is 0 Å². The van der Waals surface area contributed by atoms with Gasteiger partial charge in [-0.15, -0.1) is 0 Å². The van der Waals surface area contributed by atoms with E-state index in [4.69, 9.17) is 13.9 Å². The van der Waals surface area contributed by atoms with Gasteiger partial charge in [-0.05, 0) is 37.3 Å². The maximum absolute atomic E-state index is 13.6. The van der Waals surface area contributed by atoms with Gasteiger partial charge in [0.15, 0.2) is 21.9 Å². The van der Waals surface area contributed by atoms with Crippen LogP contribution in [0.5, 0.6) is 5.75 Å². The number of amides is 1. The zero-order valence-corrected chi connectivity index (χ0v) is 16.8. The van der Waals surface area contributed by atoms with Crippen LogP contribution in [0, 0.1) is 5.82 Å². The second-order valence-electron chi connectivity index (χ2n) is 6.25. The molecule has 8 heteroatoms. The third-order valence-corrected chi connectivity index (χ3v) is 5.49. The van der Waals surface area contributed by atoms with Gasteiger partial charge in [0.1, 0.15) is 5.82 Å². The molecule has 0 spiro atoms. The second kappa shape index (κ2) is 8.18. The predicted molar refractivity (Wildman–Crippen MR) is 109 cm³/mol. The van der Waals surface area contributed by atoms with Crippen LogP contribution in [0.2, 0.25) is 0 Å². The SMILES string of the molecule is CCOCCn1c(=NC(=O)c2cc3cccc(OC)c3o2)sc2cc(F)ccc21. The molecule has 0 aliphatic rings. The number of methoxy groups -OCH3 is 1. The monoisotopic (exact) mass is 414 g/mol. The fraction of sp³-hybridized carbons (Fsp3) is 0.238. The minimum atomic E-state index is -0.513. The van der Waals surface area contributed by atoms with E-state index in [9.17, 15) is 9.18 Å². The summed E-state index contributed by atoms with van der Waals surface area (Å²) in [5.41, 5.74) is 1.30. The molecule has 4 rings (SSSR count). The quantitative estimate of drug-likeness (QED) is 0.440. The highest BCUT2D eigenvalue weighted by Gasteiger charge is 2.16. The van der Waals surface area contributed by atoms with E-state index < -0.39 is 5.91 Å². The van der Waals surface area contributed by atoms with Crippen molar-refractivity contribution in [2.75, 3.05) is 20.3 Å². The van der Waals surface area contributed by atoms with Crippen LogP contribution in [0.4, 0.5) is 4.39 Å². The normalized spacial score (nSPS) is 12.2. The van der Waals surface area contributed by atoms with Crippen molar-refractivity contribution >= 4 is 38.4 Å². The zero-order chi connectivity index (χ0) is 20.4. The number of fused-ring (bicyclic) bond motifs is 2. The first-order valence-electron chi connectivity index (χ1n) is 9.13. The number of carbonyl (C=O) groups excluding carboxylic acids is 1. The number of para-hydroxylation sites is 1. The molecule has 29 heavy (non-hydrogen) atoms. The summed E-state index contributed by atoms with van der Waals surface area (Å²) in [4.78, 5) is 17.5. The minimum absolute atomic E-state index is 0.115. The van der Waals surface area contributed by atoms with Crippen molar-refractivity contribution in [3.8, 4) is 5.75 Å². The van der Waals surface area contributed by atoms with Crippen molar-refractivity contribution in [2.45, 2.75) is 13.5 Å². The largest absolute Gasteiger partial charge is 0.493 e. The first-order chi connectivity index (χ1) is 14.1. The number of aromatic nitrogens is 1. The fourth-order valence-corrected chi connectivity index (χ4v) is 4.17. The number of ether oxygens (including phenoxy) is 2. The Morgan fingerprint density at radius 1 is 1.28 bits per heavy atom. The molecule has 2 aromatic heterocycles. The van der Waals surface area contributed by atoms with E-state index in [2.05, 4.69) is 4.99 Å². The average molecular weight is 414 g/mol. The van der Waals surface area contributed by atoms with Crippen LogP contribution in [0.3, 0.4) is 0 Å². The van der Waals surface area contributed by atoms with Crippen molar-refractivity contribution in [3.05, 3.63) is 58.8 Å². The molecule has 1 amide bonds. The third-order valence-electron chi connectivity index (χ3n) is 4.44. The molecule has 0 saturated carbocycles. The third kappa shape index (κ3) is 3.81. The Hall–Kier alpha value is -2.97. The van der Waals surface area contributed by atoms with E-state index in [-0.39, 0.29) is 11.6 Å². The van der Waals surface area contributed by atoms with Crippen molar-refractivity contribution in [1.82, 2.24) is 4.57 Å². The smallest absolute Gasteiger partial charge is 0.315 e. The average Bonchev–Trinajstić information content (AvgIpc) is 3.29. The first-order valence-corrected chi connectivity index (χ1v) is 9.94. The highest BCUT2D eigenvalue weighted by atomic mass is 32.1. The van der Waals surface area contributed by atoms with Crippen LogP contribution in [0.15, 0.2) is 51.9 Å². The Kier molecular flexibility index (Phi) is 5.46. The lowest BCUT2D eigenvalue weighted by Crippen LogP contribution is -2.19. The lowest BCUT2D eigenvalue weighted by molar-refractivity contribution is 0.0972. The van der Waals surface area contributed by atoms with Crippen LogP contribution in [0.1, 0.15) is 17.5 Å². The van der Waals surface area contributed by atoms with E-state index in [0.29, 0.717) is 40.6 Å². The molecule has 0 unspecified atom stereocenters. The van der Waals surface area contributed by atoms with E-state index in [1.54, 1.807) is 25.3 Å². The molecule has 0 saturated heterocycles. The lowest BCUT2D eigenvalue weighted by atomic mass is 10.2. The van der Waals surface area contributed by atoms with Gasteiger partial charge >= 0.3 is 5.91 Å². The molecule has 2 heterocycles. The fourth-order valence-electron chi connectivity index (χ4n) is 3.09. The highest BCUT2D eigenvalue weighted by Crippen LogP contribution is 2.28. The number of thiazole rings is 1. The van der Waals surface area contributed by atoms with Crippen LogP contribution in [-0.4, -0.2) is 30.8 Å². The zero-order valence-electron chi connectivity index (χ0n) is 16.0. The van der Waals surface area contributed by atoms with Gasteiger partial charge < -0.3 is 18.5 Å². The molecule has 0 fully saturated rings. The summed E-state index contributed by atoms with van der Waals surface area (Å²) < 4.78 is 32.6. The maximum atomic E-state index is 13.6. The van der Waals surface area contributed by atoms with Crippen LogP contribution < -0.4 is 9.54 Å². The van der Waals surface area contributed by atoms with Gasteiger partial charge in [-0.2, -0.15) is 4.99 Å². The number of furan rings is 1. The highest BCUT2D eigenvalue weighted by molar-refractivity contribution is 7.16. The van der Waals surface area contributed by atoms with Crippen molar-refractivity contribution in [2.24, 2.45) is 4.99 Å². The van der Waals surface area contributed by atoms with Crippen molar-refractivity contribution in [3.63, 3.8) is 0 Å². The topological polar surface area (TPSA) is 66.0 Å². The maximum Gasteiger partial charge on any atom is 0.315 e. The molecule has 4 aromatic rings. The minimum Gasteiger partial charge on any atom is -0.493 e. The van der Waals surface area contributed by atoms with Gasteiger partial charge in [0.25, 0.3) is 0 Å². The number of hydrogen-bond acceptors (Lipinski definition) is 5. The molecule has 150 valence electrons. The molecular weight excluding hydrogens is 395 g/mol. The van der Waals surface area contributed by atoms with Gasteiger partial charge in [-0.25, -0.2) is 4.39 Å². The Morgan fingerprint density at radius 3 is 2.93 bits per heavy atom. The Labute approximate surface area is 169 Å². The van der Waals surface area contributed by atoms with Crippen LogP contribution in [-0.2, 0) is 11.3 Å². The second-order valence-corrected chi connectivity index (χ2v) is 7.26. The number of carbonyl (C=O) groups is 1. The molecule has 0 N–H and O–H groups in total. The van der Waals surface area contributed by atoms with Gasteiger partial charge in [-0.1, -0.05) is 23.5 Å². The van der Waals surface area contributed by atoms with E-state index >= 15 is 0 Å². The van der Waals surface area contributed by atoms with Gasteiger partial charge in [0.05, 0.1) is 23.9 Å². The van der Waals surface area contributed by atoms with Crippen molar-refractivity contribution < 1.29 is 23.1 Å². The molecule has 2 aromatic carbocycles. The molecule has 0 radical (unpaired) electrons. The van der Waals surface area contributed by atoms with E-state index in [1.165, 1.54) is 23.5 Å². The summed E-state index contributed by atoms with van der Waals surface area (Å²) >= 11 is 1.25. The number of hydrogen-bond donors (Lipinski definition) is 0. The molecule has 0 aliphatic carbocycles. The van der Waals surface area contributed by atoms with Crippen LogP contribution >= 0.6 is 11.3 Å². The Bertz CT molecular complexity index is 1250. The lowest BCUT2D eigenvalue weighted by Gasteiger charge is -2.05. The summed E-state index contributed by atoms with van der Waals surface area (Å²) in [6.07, 6.45) is 0. The summed E-state index contributed by atoms with van der Waals surface area (Å²) in [5.74, 6) is -0.187. The molecule has 0 aliphatic heterocycles. The molecule has 0 bridgehead atoms. The molecule has 6 nitrogen and oxygen atoms in total. The first kappa shape index (κ1) is 19.4. The number of benzene rings is 2. The van der Waals surface area contributed by atoms with Gasteiger partial charge in [0.2, 0.25) is 0 Å². The number of halogens is 1. The summed E-state index contributed by atoms with van der Waals surface area (Å²) in [6, 6.07) is 11.6. The summed E-state index contributed by atoms with van der Waals surface area (Å²) in [7, 11) is 1.54. The Morgan fingerprint density at radius 2 is 2.14 bits per heavy atom. The molecule has 0 atom stereocenters. The van der Waals surface area contributed by atoms with Gasteiger partial charge in [-0.3, -0.25) is 4.79 Å². The number of rotatable bonds is 6. The van der Waals surface area contributed by atoms with Crippen LogP contribution in [0.25, 0.3) is 21.2 Å². The van der Waals surface area contributed by atoms with Gasteiger partial charge in [0, 0.05) is 18.5 Å². The Balaban J connectivity index is 1.78. The molecular formula is C21H19FN2O4S. The van der Waals surface area contributed by atoms with E-state index in [0.717, 1.165) is 10.9 Å². The summed E-state index contributed by atoms with van der Waals surface area (Å²) in [5, 5.41) is 0.755.